The molecule has 1 atom stereocenters. The third-order valence-electron chi connectivity index (χ3n) is 6.00. The van der Waals surface area contributed by atoms with Gasteiger partial charge >= 0.3 is 0 Å². The molecule has 0 N–H and O–H groups in total. The van der Waals surface area contributed by atoms with E-state index >= 15 is 0 Å². The lowest BCUT2D eigenvalue weighted by atomic mass is 9.83. The second-order valence-electron chi connectivity index (χ2n) is 8.29. The summed E-state index contributed by atoms with van der Waals surface area (Å²) in [5.41, 5.74) is 2.88. The van der Waals surface area contributed by atoms with Crippen LogP contribution in [0.4, 0.5) is 13.2 Å². The van der Waals surface area contributed by atoms with Gasteiger partial charge in [0.1, 0.15) is 5.82 Å². The van der Waals surface area contributed by atoms with Crippen molar-refractivity contribution in [2.75, 3.05) is 6.61 Å². The van der Waals surface area contributed by atoms with E-state index in [1.54, 1.807) is 25.1 Å². The number of halogens is 3. The zero-order valence-electron chi connectivity index (χ0n) is 17.9. The number of aryl methyl sites for hydroxylation is 2. The summed E-state index contributed by atoms with van der Waals surface area (Å²) in [4.78, 5) is 0. The smallest absolute Gasteiger partial charge is 0.201 e. The SMILES string of the molecule is CCCCCOc1ccc(C2=CCC(CCc3ccc(C)c(F)c3)CC2)c(F)c1F. The van der Waals surface area contributed by atoms with Crippen LogP contribution >= 0.6 is 0 Å². The molecule has 0 fully saturated rings. The Morgan fingerprint density at radius 1 is 1.03 bits per heavy atom. The van der Waals surface area contributed by atoms with E-state index in [9.17, 15) is 13.2 Å². The van der Waals surface area contributed by atoms with Crippen molar-refractivity contribution in [1.82, 2.24) is 0 Å². The van der Waals surface area contributed by atoms with Gasteiger partial charge in [0.2, 0.25) is 5.82 Å². The van der Waals surface area contributed by atoms with Crippen LogP contribution in [0.25, 0.3) is 5.57 Å². The van der Waals surface area contributed by atoms with Gasteiger partial charge in [-0.15, -0.1) is 0 Å². The molecule has 30 heavy (non-hydrogen) atoms. The van der Waals surface area contributed by atoms with Crippen molar-refractivity contribution in [3.63, 3.8) is 0 Å². The molecule has 1 aliphatic rings. The number of ether oxygens (including phenoxy) is 1. The van der Waals surface area contributed by atoms with Crippen molar-refractivity contribution in [2.45, 2.75) is 65.2 Å². The summed E-state index contributed by atoms with van der Waals surface area (Å²) in [6.07, 6.45) is 9.21. The molecular weight excluding hydrogens is 385 g/mol. The van der Waals surface area contributed by atoms with E-state index in [2.05, 4.69) is 6.92 Å². The number of rotatable bonds is 9. The van der Waals surface area contributed by atoms with Gasteiger partial charge in [-0.1, -0.05) is 38.0 Å². The quantitative estimate of drug-likeness (QED) is 0.379. The summed E-state index contributed by atoms with van der Waals surface area (Å²) < 4.78 is 48.2. The number of unbranched alkanes of at least 4 members (excludes halogenated alkanes) is 2. The molecule has 1 aliphatic carbocycles. The van der Waals surface area contributed by atoms with E-state index in [1.807, 2.05) is 18.2 Å². The van der Waals surface area contributed by atoms with Gasteiger partial charge in [0.05, 0.1) is 6.61 Å². The van der Waals surface area contributed by atoms with Crippen LogP contribution in [0.3, 0.4) is 0 Å². The van der Waals surface area contributed by atoms with E-state index in [4.69, 9.17) is 4.74 Å². The molecule has 1 nitrogen and oxygen atoms in total. The number of hydrogen-bond acceptors (Lipinski definition) is 1. The average Bonchev–Trinajstić information content (AvgIpc) is 2.75. The number of hydrogen-bond donors (Lipinski definition) is 0. The van der Waals surface area contributed by atoms with Gasteiger partial charge in [-0.05, 0) is 86.3 Å². The molecule has 0 aromatic heterocycles. The van der Waals surface area contributed by atoms with Crippen LogP contribution in [-0.4, -0.2) is 6.61 Å². The molecule has 162 valence electrons. The van der Waals surface area contributed by atoms with Crippen LogP contribution in [0.5, 0.6) is 5.75 Å². The minimum Gasteiger partial charge on any atom is -0.490 e. The summed E-state index contributed by atoms with van der Waals surface area (Å²) in [6, 6.07) is 8.58. The fourth-order valence-corrected chi connectivity index (χ4v) is 3.98. The molecule has 0 saturated carbocycles. The van der Waals surface area contributed by atoms with Crippen LogP contribution in [-0.2, 0) is 6.42 Å². The largest absolute Gasteiger partial charge is 0.490 e. The lowest BCUT2D eigenvalue weighted by Gasteiger charge is -2.23. The highest BCUT2D eigenvalue weighted by Crippen LogP contribution is 2.35. The van der Waals surface area contributed by atoms with E-state index < -0.39 is 11.6 Å². The molecule has 2 aromatic carbocycles. The maximum atomic E-state index is 14.6. The first-order valence-electron chi connectivity index (χ1n) is 11.0. The Labute approximate surface area is 178 Å². The van der Waals surface area contributed by atoms with Crippen LogP contribution in [0.15, 0.2) is 36.4 Å². The minimum atomic E-state index is -0.895. The second kappa shape index (κ2) is 10.7. The fraction of sp³-hybridized carbons (Fsp3) is 0.462. The molecule has 1 unspecified atom stereocenters. The zero-order valence-corrected chi connectivity index (χ0v) is 17.9. The van der Waals surface area contributed by atoms with Crippen molar-refractivity contribution in [1.29, 1.82) is 0 Å². The predicted octanol–water partition coefficient (Wildman–Crippen LogP) is 7.80. The average molecular weight is 417 g/mol. The standard InChI is InChI=1S/C26H31F3O/c1-3-4-5-16-30-24-15-14-22(25(28)26(24)29)21-12-10-19(11-13-21)8-9-20-7-6-18(2)23(27)17-20/h6-7,12,14-15,17,19H,3-5,8-11,13,16H2,1-2H3. The van der Waals surface area contributed by atoms with Gasteiger partial charge in [-0.2, -0.15) is 4.39 Å². The Bertz CT molecular complexity index is 888. The summed E-state index contributed by atoms with van der Waals surface area (Å²) in [6.45, 7) is 4.25. The maximum Gasteiger partial charge on any atom is 0.201 e. The van der Waals surface area contributed by atoms with Gasteiger partial charge in [0.15, 0.2) is 11.6 Å². The highest BCUT2D eigenvalue weighted by molar-refractivity contribution is 5.67. The van der Waals surface area contributed by atoms with Crippen LogP contribution in [0.1, 0.15) is 68.6 Å². The molecular formula is C26H31F3O. The van der Waals surface area contributed by atoms with Gasteiger partial charge in [0.25, 0.3) is 0 Å². The van der Waals surface area contributed by atoms with E-state index in [-0.39, 0.29) is 11.6 Å². The Morgan fingerprint density at radius 3 is 2.57 bits per heavy atom. The van der Waals surface area contributed by atoms with Crippen LogP contribution in [0, 0.1) is 30.3 Å². The molecule has 2 aromatic rings. The minimum absolute atomic E-state index is 0.00744. The molecule has 0 radical (unpaired) electrons. The molecule has 0 aliphatic heterocycles. The highest BCUT2D eigenvalue weighted by atomic mass is 19.2. The summed E-state index contributed by atoms with van der Waals surface area (Å²) >= 11 is 0. The van der Waals surface area contributed by atoms with Gasteiger partial charge in [-0.3, -0.25) is 0 Å². The fourth-order valence-electron chi connectivity index (χ4n) is 3.98. The molecule has 0 spiro atoms. The summed E-state index contributed by atoms with van der Waals surface area (Å²) in [5, 5.41) is 0. The lowest BCUT2D eigenvalue weighted by Crippen LogP contribution is -2.08. The van der Waals surface area contributed by atoms with Gasteiger partial charge in [-0.25, -0.2) is 8.78 Å². The third-order valence-corrected chi connectivity index (χ3v) is 6.00. The normalized spacial score (nSPS) is 16.4. The molecule has 0 amide bonds. The lowest BCUT2D eigenvalue weighted by molar-refractivity contribution is 0.286. The van der Waals surface area contributed by atoms with Crippen molar-refractivity contribution in [3.05, 3.63) is 70.5 Å². The number of benzene rings is 2. The molecule has 0 heterocycles. The first-order chi connectivity index (χ1) is 14.5. The molecule has 3 rings (SSSR count). The number of allylic oxidation sites excluding steroid dienone is 2. The van der Waals surface area contributed by atoms with Crippen LogP contribution < -0.4 is 4.74 Å². The molecule has 0 bridgehead atoms. The van der Waals surface area contributed by atoms with E-state index in [0.717, 1.165) is 62.5 Å². The van der Waals surface area contributed by atoms with Gasteiger partial charge in [0, 0.05) is 5.56 Å². The second-order valence-corrected chi connectivity index (χ2v) is 8.29. The highest BCUT2D eigenvalue weighted by Gasteiger charge is 2.21. The maximum absolute atomic E-state index is 14.6. The van der Waals surface area contributed by atoms with Crippen molar-refractivity contribution >= 4 is 5.57 Å². The van der Waals surface area contributed by atoms with E-state index in [0.29, 0.717) is 23.7 Å². The van der Waals surface area contributed by atoms with Crippen molar-refractivity contribution < 1.29 is 17.9 Å². The monoisotopic (exact) mass is 416 g/mol. The predicted molar refractivity (Wildman–Crippen MR) is 116 cm³/mol. The summed E-state index contributed by atoms with van der Waals surface area (Å²) in [5.74, 6) is -1.40. The van der Waals surface area contributed by atoms with Crippen LogP contribution in [0.2, 0.25) is 0 Å². The first kappa shape index (κ1) is 22.5. The summed E-state index contributed by atoms with van der Waals surface area (Å²) in [7, 11) is 0. The van der Waals surface area contributed by atoms with Crippen molar-refractivity contribution in [3.8, 4) is 5.75 Å². The van der Waals surface area contributed by atoms with Gasteiger partial charge < -0.3 is 4.74 Å². The first-order valence-corrected chi connectivity index (χ1v) is 11.0. The molecule has 4 heteroatoms. The Hall–Kier alpha value is -2.23. The Balaban J connectivity index is 1.57. The Kier molecular flexibility index (Phi) is 8.01. The third kappa shape index (κ3) is 5.68. The topological polar surface area (TPSA) is 9.23 Å². The zero-order chi connectivity index (χ0) is 21.5. The van der Waals surface area contributed by atoms with Crippen molar-refractivity contribution in [2.24, 2.45) is 5.92 Å². The molecule has 0 saturated heterocycles. The Morgan fingerprint density at radius 2 is 1.87 bits per heavy atom. The van der Waals surface area contributed by atoms with E-state index in [1.165, 1.54) is 0 Å².